The highest BCUT2D eigenvalue weighted by atomic mass is 19.1. The number of anilines is 1. The number of rotatable bonds is 8. The van der Waals surface area contributed by atoms with Gasteiger partial charge in [-0.15, -0.1) is 0 Å². The first-order valence-electron chi connectivity index (χ1n) is 16.4. The lowest BCUT2D eigenvalue weighted by molar-refractivity contribution is -0.120. The highest BCUT2D eigenvalue weighted by Crippen LogP contribution is 2.71. The van der Waals surface area contributed by atoms with Crippen molar-refractivity contribution >= 4 is 28.6 Å². The van der Waals surface area contributed by atoms with Crippen LogP contribution in [0.15, 0.2) is 54.9 Å². The van der Waals surface area contributed by atoms with Crippen LogP contribution in [0.3, 0.4) is 0 Å². The SMILES string of the molecule is Cc1ccc2c(CC(=O)[C@@H]3CC34CC4)c(F)ccc2c1Oc1ncccc1-c1ccnc(N[C@H]2CCCN(C(=O)OC(C)(C)C)C2)n1. The van der Waals surface area contributed by atoms with Crippen molar-refractivity contribution in [3.05, 3.63) is 71.8 Å². The zero-order chi connectivity index (χ0) is 32.9. The van der Waals surface area contributed by atoms with Crippen LogP contribution in [0, 0.1) is 24.1 Å². The Kier molecular flexibility index (Phi) is 7.85. The number of piperidine rings is 1. The molecule has 2 aliphatic carbocycles. The zero-order valence-corrected chi connectivity index (χ0v) is 27.3. The van der Waals surface area contributed by atoms with E-state index in [1.807, 2.05) is 52.0 Å². The van der Waals surface area contributed by atoms with Crippen LogP contribution in [-0.4, -0.2) is 56.5 Å². The molecule has 1 saturated heterocycles. The molecule has 10 heteroatoms. The number of hydrogen-bond acceptors (Lipinski definition) is 8. The average molecular weight is 638 g/mol. The lowest BCUT2D eigenvalue weighted by atomic mass is 9.96. The molecule has 1 amide bonds. The molecule has 0 bridgehead atoms. The Morgan fingerprint density at radius 2 is 1.87 bits per heavy atom. The summed E-state index contributed by atoms with van der Waals surface area (Å²) >= 11 is 0. The Balaban J connectivity index is 1.12. The van der Waals surface area contributed by atoms with E-state index in [0.29, 0.717) is 52.9 Å². The van der Waals surface area contributed by atoms with E-state index in [1.165, 1.54) is 6.07 Å². The number of halogens is 1. The first-order chi connectivity index (χ1) is 22.5. The molecule has 2 aromatic heterocycles. The number of aryl methyl sites for hydroxylation is 1. The number of aromatic nitrogens is 3. The van der Waals surface area contributed by atoms with Gasteiger partial charge in [0.15, 0.2) is 0 Å². The monoisotopic (exact) mass is 637 g/mol. The molecule has 9 nitrogen and oxygen atoms in total. The van der Waals surface area contributed by atoms with Crippen LogP contribution in [0.25, 0.3) is 22.0 Å². The Bertz CT molecular complexity index is 1870. The maximum atomic E-state index is 15.2. The third-order valence-corrected chi connectivity index (χ3v) is 9.53. The molecule has 2 saturated carbocycles. The number of amides is 1. The van der Waals surface area contributed by atoms with Crippen molar-refractivity contribution in [1.29, 1.82) is 0 Å². The molecule has 7 rings (SSSR count). The normalized spacial score (nSPS) is 19.8. The number of ether oxygens (including phenoxy) is 2. The van der Waals surface area contributed by atoms with Gasteiger partial charge in [-0.25, -0.2) is 24.1 Å². The Hall–Kier alpha value is -4.60. The molecular weight excluding hydrogens is 597 g/mol. The number of fused-ring (bicyclic) bond motifs is 1. The van der Waals surface area contributed by atoms with Crippen LogP contribution in [0.5, 0.6) is 11.6 Å². The van der Waals surface area contributed by atoms with E-state index in [1.54, 1.807) is 29.4 Å². The van der Waals surface area contributed by atoms with Crippen molar-refractivity contribution in [1.82, 2.24) is 19.9 Å². The van der Waals surface area contributed by atoms with Crippen molar-refractivity contribution < 1.29 is 23.5 Å². The lowest BCUT2D eigenvalue weighted by Crippen LogP contribution is -2.47. The summed E-state index contributed by atoms with van der Waals surface area (Å²) in [7, 11) is 0. The van der Waals surface area contributed by atoms with Crippen LogP contribution in [0.1, 0.15) is 64.0 Å². The van der Waals surface area contributed by atoms with Gasteiger partial charge in [0.2, 0.25) is 11.8 Å². The molecule has 3 heterocycles. The van der Waals surface area contributed by atoms with Gasteiger partial charge in [0, 0.05) is 54.8 Å². The van der Waals surface area contributed by atoms with E-state index in [-0.39, 0.29) is 41.5 Å². The van der Waals surface area contributed by atoms with E-state index in [0.717, 1.165) is 43.1 Å². The number of carbonyl (C=O) groups excluding carboxylic acids is 2. The van der Waals surface area contributed by atoms with E-state index in [4.69, 9.17) is 14.5 Å². The maximum absolute atomic E-state index is 15.2. The summed E-state index contributed by atoms with van der Waals surface area (Å²) in [6, 6.07) is 12.4. The number of carbonyl (C=O) groups is 2. The second kappa shape index (κ2) is 11.9. The van der Waals surface area contributed by atoms with Gasteiger partial charge in [0.05, 0.1) is 11.3 Å². The van der Waals surface area contributed by atoms with Crippen molar-refractivity contribution in [2.45, 2.75) is 77.9 Å². The minimum atomic E-state index is -0.559. The largest absolute Gasteiger partial charge is 0.444 e. The molecule has 1 N–H and O–H groups in total. The van der Waals surface area contributed by atoms with Gasteiger partial charge in [0.1, 0.15) is 23.0 Å². The summed E-state index contributed by atoms with van der Waals surface area (Å²) < 4.78 is 27.3. The molecule has 4 aromatic rings. The second-order valence-electron chi connectivity index (χ2n) is 14.2. The van der Waals surface area contributed by atoms with Crippen LogP contribution in [-0.2, 0) is 16.0 Å². The van der Waals surface area contributed by atoms with Gasteiger partial charge in [-0.05, 0) is 106 Å². The molecule has 2 aromatic carbocycles. The van der Waals surface area contributed by atoms with Crippen LogP contribution in [0.2, 0.25) is 0 Å². The molecule has 0 radical (unpaired) electrons. The van der Waals surface area contributed by atoms with E-state index in [9.17, 15) is 9.59 Å². The Labute approximate surface area is 273 Å². The molecule has 3 fully saturated rings. The van der Waals surface area contributed by atoms with E-state index in [2.05, 4.69) is 15.3 Å². The lowest BCUT2D eigenvalue weighted by Gasteiger charge is -2.34. The van der Waals surface area contributed by atoms with Crippen LogP contribution >= 0.6 is 0 Å². The van der Waals surface area contributed by atoms with E-state index < -0.39 is 5.60 Å². The number of likely N-dealkylation sites (tertiary alicyclic amines) is 1. The second-order valence-corrected chi connectivity index (χ2v) is 14.2. The van der Waals surface area contributed by atoms with Gasteiger partial charge in [-0.2, -0.15) is 0 Å². The summed E-state index contributed by atoms with van der Waals surface area (Å²) in [6.07, 6.45) is 7.96. The molecule has 3 aliphatic rings. The van der Waals surface area contributed by atoms with Gasteiger partial charge < -0.3 is 19.7 Å². The fraction of sp³-hybridized carbons (Fsp3) is 0.432. The summed E-state index contributed by atoms with van der Waals surface area (Å²) in [5.41, 5.74) is 2.21. The Morgan fingerprint density at radius 3 is 2.64 bits per heavy atom. The fourth-order valence-corrected chi connectivity index (χ4v) is 6.76. The minimum Gasteiger partial charge on any atom is -0.444 e. The average Bonchev–Trinajstić information content (AvgIpc) is 3.97. The van der Waals surface area contributed by atoms with Gasteiger partial charge in [-0.3, -0.25) is 4.79 Å². The smallest absolute Gasteiger partial charge is 0.410 e. The van der Waals surface area contributed by atoms with Crippen LogP contribution in [0.4, 0.5) is 15.1 Å². The number of pyridine rings is 1. The molecule has 2 atom stereocenters. The summed E-state index contributed by atoms with van der Waals surface area (Å²) in [5.74, 6) is 1.16. The highest BCUT2D eigenvalue weighted by molar-refractivity contribution is 5.97. The third kappa shape index (κ3) is 6.50. The summed E-state index contributed by atoms with van der Waals surface area (Å²) in [6.45, 7) is 8.65. The number of hydrogen-bond donors (Lipinski definition) is 1. The zero-order valence-electron chi connectivity index (χ0n) is 27.3. The number of nitrogens with one attached hydrogen (secondary N) is 1. The molecule has 47 heavy (non-hydrogen) atoms. The third-order valence-electron chi connectivity index (χ3n) is 9.53. The maximum Gasteiger partial charge on any atom is 0.410 e. The standard InChI is InChI=1S/C37H40FN5O4/c1-22-9-10-24-25(11-12-29(38)27(24)19-31(44)28-20-37(28)14-15-37)32(22)46-33-26(8-5-16-39-33)30-13-17-40-34(42-30)41-23-7-6-18-43(21-23)35(45)47-36(2,3)4/h5,8-13,16-17,23,28H,6-7,14-15,18-21H2,1-4H3,(H,40,41,42)/t23-,28-/m0/s1. The van der Waals surface area contributed by atoms with Crippen LogP contribution < -0.4 is 10.1 Å². The predicted molar refractivity (Wildman–Crippen MR) is 177 cm³/mol. The van der Waals surface area contributed by atoms with Gasteiger partial charge in [0.25, 0.3) is 0 Å². The van der Waals surface area contributed by atoms with Crippen molar-refractivity contribution in [3.8, 4) is 22.9 Å². The van der Waals surface area contributed by atoms with Crippen molar-refractivity contribution in [3.63, 3.8) is 0 Å². The van der Waals surface area contributed by atoms with Gasteiger partial charge >= 0.3 is 6.09 Å². The molecule has 1 aliphatic heterocycles. The highest BCUT2D eigenvalue weighted by Gasteiger charge is 2.65. The number of Topliss-reactive ketones (excluding diaryl/α,β-unsaturated/α-hetero) is 1. The summed E-state index contributed by atoms with van der Waals surface area (Å²) in [5, 5.41) is 4.79. The van der Waals surface area contributed by atoms with E-state index >= 15 is 4.39 Å². The molecule has 0 unspecified atom stereocenters. The molecule has 244 valence electrons. The summed E-state index contributed by atoms with van der Waals surface area (Å²) in [4.78, 5) is 41.3. The predicted octanol–water partition coefficient (Wildman–Crippen LogP) is 7.65. The van der Waals surface area contributed by atoms with Crippen molar-refractivity contribution in [2.75, 3.05) is 18.4 Å². The Morgan fingerprint density at radius 1 is 1.06 bits per heavy atom. The van der Waals surface area contributed by atoms with Gasteiger partial charge in [-0.1, -0.05) is 12.1 Å². The van der Waals surface area contributed by atoms with Crippen molar-refractivity contribution in [2.24, 2.45) is 11.3 Å². The number of nitrogens with zero attached hydrogens (tertiary/aromatic N) is 4. The number of benzene rings is 2. The molecule has 1 spiro atoms. The minimum absolute atomic E-state index is 0.0364. The molecular formula is C37H40FN5O4. The quantitative estimate of drug-likeness (QED) is 0.210. The first-order valence-corrected chi connectivity index (χ1v) is 16.4. The topological polar surface area (TPSA) is 107 Å². The first kappa shape index (κ1) is 31.0. The number of ketones is 1. The fourth-order valence-electron chi connectivity index (χ4n) is 6.76.